The molecule has 1 aliphatic carbocycles. The topological polar surface area (TPSA) is 63.7 Å². The number of rotatable bonds is 3. The zero-order valence-electron chi connectivity index (χ0n) is 12.8. The van der Waals surface area contributed by atoms with Crippen LogP contribution in [0.5, 0.6) is 5.75 Å². The first kappa shape index (κ1) is 15.2. The molecule has 5 nitrogen and oxygen atoms in total. The normalized spacial score (nSPS) is 23.3. The average Bonchev–Trinajstić information content (AvgIpc) is 2.78. The molecule has 1 aromatic rings. The van der Waals surface area contributed by atoms with Gasteiger partial charge in [0.05, 0.1) is 17.5 Å². The zero-order chi connectivity index (χ0) is 16.6. The number of carbonyl (C=O) groups is 3. The van der Waals surface area contributed by atoms with Gasteiger partial charge in [0, 0.05) is 12.1 Å². The van der Waals surface area contributed by atoms with Gasteiger partial charge in [-0.05, 0) is 31.9 Å². The van der Waals surface area contributed by atoms with Gasteiger partial charge >= 0.3 is 5.97 Å². The Bertz CT molecular complexity index is 734. The summed E-state index contributed by atoms with van der Waals surface area (Å²) in [5.41, 5.74) is 1.57. The molecule has 1 heterocycles. The van der Waals surface area contributed by atoms with E-state index < -0.39 is 5.97 Å². The number of amides is 2. The largest absolute Gasteiger partial charge is 0.423 e. The summed E-state index contributed by atoms with van der Waals surface area (Å²) in [5.74, 6) is -1.25. The molecule has 0 N–H and O–H groups in total. The molecule has 0 radical (unpaired) electrons. The van der Waals surface area contributed by atoms with E-state index in [1.807, 2.05) is 13.0 Å². The average molecular weight is 311 g/mol. The van der Waals surface area contributed by atoms with E-state index in [4.69, 9.17) is 4.74 Å². The molecule has 1 fully saturated rings. The molecule has 2 atom stereocenters. The second-order valence-corrected chi connectivity index (χ2v) is 5.84. The number of nitrogens with zero attached hydrogens (tertiary/aromatic N) is 1. The van der Waals surface area contributed by atoms with Gasteiger partial charge < -0.3 is 4.74 Å². The lowest BCUT2D eigenvalue weighted by Gasteiger charge is -2.18. The fraction of sp³-hybridized carbons (Fsp3) is 0.278. The predicted octanol–water partition coefficient (Wildman–Crippen LogP) is 2.62. The van der Waals surface area contributed by atoms with E-state index >= 15 is 0 Å². The maximum absolute atomic E-state index is 12.6. The van der Waals surface area contributed by atoms with Crippen molar-refractivity contribution < 1.29 is 19.1 Å². The number of hydrogen-bond acceptors (Lipinski definition) is 4. The third-order valence-electron chi connectivity index (χ3n) is 4.28. The molecule has 2 aliphatic rings. The van der Waals surface area contributed by atoms with Crippen molar-refractivity contribution in [3.63, 3.8) is 0 Å². The lowest BCUT2D eigenvalue weighted by atomic mass is 9.82. The van der Waals surface area contributed by atoms with Crippen molar-refractivity contribution in [3.05, 3.63) is 48.6 Å². The van der Waals surface area contributed by atoms with Crippen LogP contribution in [0.15, 0.2) is 48.6 Å². The van der Waals surface area contributed by atoms with Crippen molar-refractivity contribution in [3.8, 4) is 5.75 Å². The van der Waals surface area contributed by atoms with Crippen molar-refractivity contribution >= 4 is 23.5 Å². The van der Waals surface area contributed by atoms with E-state index in [0.717, 1.165) is 11.6 Å². The Morgan fingerprint density at radius 3 is 2.78 bits per heavy atom. The van der Waals surface area contributed by atoms with E-state index in [2.05, 4.69) is 6.58 Å². The highest BCUT2D eigenvalue weighted by molar-refractivity contribution is 6.22. The van der Waals surface area contributed by atoms with Crippen LogP contribution in [0.2, 0.25) is 0 Å². The van der Waals surface area contributed by atoms with E-state index in [-0.39, 0.29) is 29.4 Å². The molecule has 2 amide bonds. The van der Waals surface area contributed by atoms with Gasteiger partial charge in [0.25, 0.3) is 0 Å². The molecule has 1 aromatic carbocycles. The second kappa shape index (κ2) is 5.83. The summed E-state index contributed by atoms with van der Waals surface area (Å²) in [6, 6.07) is 6.43. The predicted molar refractivity (Wildman–Crippen MR) is 84.7 cm³/mol. The molecule has 3 rings (SSSR count). The highest BCUT2D eigenvalue weighted by Crippen LogP contribution is 2.40. The number of ether oxygens (including phenoxy) is 1. The molecule has 118 valence electrons. The summed E-state index contributed by atoms with van der Waals surface area (Å²) in [6.07, 6.45) is 4.31. The van der Waals surface area contributed by atoms with Crippen molar-refractivity contribution in [2.45, 2.75) is 19.8 Å². The molecule has 0 unspecified atom stereocenters. The second-order valence-electron chi connectivity index (χ2n) is 5.84. The van der Waals surface area contributed by atoms with E-state index in [9.17, 15) is 14.4 Å². The van der Waals surface area contributed by atoms with Gasteiger partial charge in [-0.15, -0.1) is 0 Å². The lowest BCUT2D eigenvalue weighted by molar-refractivity contribution is -0.129. The first-order valence-electron chi connectivity index (χ1n) is 7.49. The summed E-state index contributed by atoms with van der Waals surface area (Å²) in [7, 11) is 0. The Kier molecular flexibility index (Phi) is 3.86. The zero-order valence-corrected chi connectivity index (χ0v) is 12.8. The number of anilines is 1. The highest BCUT2D eigenvalue weighted by atomic mass is 16.5. The molecule has 1 aliphatic heterocycles. The number of imide groups is 1. The highest BCUT2D eigenvalue weighted by Gasteiger charge is 2.48. The van der Waals surface area contributed by atoms with E-state index in [0.29, 0.717) is 18.5 Å². The first-order valence-corrected chi connectivity index (χ1v) is 7.49. The van der Waals surface area contributed by atoms with Gasteiger partial charge in [-0.1, -0.05) is 24.3 Å². The van der Waals surface area contributed by atoms with E-state index in [1.165, 1.54) is 11.0 Å². The molecule has 0 aromatic heterocycles. The van der Waals surface area contributed by atoms with Gasteiger partial charge in [0.15, 0.2) is 0 Å². The Morgan fingerprint density at radius 2 is 2.04 bits per heavy atom. The molecule has 0 saturated carbocycles. The van der Waals surface area contributed by atoms with Crippen LogP contribution < -0.4 is 9.64 Å². The fourth-order valence-electron chi connectivity index (χ4n) is 3.14. The standard InChI is InChI=1S/C18H17NO4/c1-3-16(20)23-13-6-4-5-12(10-13)19-17(21)14-8-7-11(2)9-15(14)18(19)22/h3-7,10,14-15H,1,8-9H2,2H3/t14-,15+/m0/s1. The van der Waals surface area contributed by atoms with Gasteiger partial charge in [-0.2, -0.15) is 0 Å². The third kappa shape index (κ3) is 2.70. The van der Waals surface area contributed by atoms with Crippen LogP contribution in [0.3, 0.4) is 0 Å². The Hall–Kier alpha value is -2.69. The van der Waals surface area contributed by atoms with E-state index in [1.54, 1.807) is 18.2 Å². The minimum atomic E-state index is -0.588. The van der Waals surface area contributed by atoms with Crippen LogP contribution in [0, 0.1) is 11.8 Å². The van der Waals surface area contributed by atoms with Crippen LogP contribution in [0.4, 0.5) is 5.69 Å². The number of carbonyl (C=O) groups excluding carboxylic acids is 3. The Morgan fingerprint density at radius 1 is 1.30 bits per heavy atom. The third-order valence-corrected chi connectivity index (χ3v) is 4.28. The number of esters is 1. The SMILES string of the molecule is C=CC(=O)Oc1cccc(N2C(=O)[C@H]3CC=C(C)C[C@H]3C2=O)c1. The quantitative estimate of drug-likeness (QED) is 0.283. The van der Waals surface area contributed by atoms with Gasteiger partial charge in [0.2, 0.25) is 11.8 Å². The molecule has 0 bridgehead atoms. The molecule has 23 heavy (non-hydrogen) atoms. The molecule has 0 spiro atoms. The summed E-state index contributed by atoms with van der Waals surface area (Å²) in [5, 5.41) is 0. The monoisotopic (exact) mass is 311 g/mol. The van der Waals surface area contributed by atoms with Crippen molar-refractivity contribution in [2.75, 3.05) is 4.90 Å². The number of allylic oxidation sites excluding steroid dienone is 2. The maximum Gasteiger partial charge on any atom is 0.335 e. The van der Waals surface area contributed by atoms with Crippen molar-refractivity contribution in [1.82, 2.24) is 0 Å². The lowest BCUT2D eigenvalue weighted by Crippen LogP contribution is -2.30. The Labute approximate surface area is 134 Å². The number of benzene rings is 1. The first-order chi connectivity index (χ1) is 11.0. The molecular formula is C18H17NO4. The Balaban J connectivity index is 1.89. The summed E-state index contributed by atoms with van der Waals surface area (Å²) in [6.45, 7) is 5.32. The molecule has 1 saturated heterocycles. The molecule has 5 heteroatoms. The summed E-state index contributed by atoms with van der Waals surface area (Å²) in [4.78, 5) is 37.7. The number of fused-ring (bicyclic) bond motifs is 1. The maximum atomic E-state index is 12.6. The van der Waals surface area contributed by atoms with Crippen LogP contribution in [0.25, 0.3) is 0 Å². The van der Waals surface area contributed by atoms with Crippen LogP contribution in [-0.4, -0.2) is 17.8 Å². The number of hydrogen-bond donors (Lipinski definition) is 0. The summed E-state index contributed by atoms with van der Waals surface area (Å²) < 4.78 is 5.05. The van der Waals surface area contributed by atoms with Gasteiger partial charge in [0.1, 0.15) is 5.75 Å². The van der Waals surface area contributed by atoms with Gasteiger partial charge in [-0.25, -0.2) is 9.69 Å². The van der Waals surface area contributed by atoms with Crippen LogP contribution in [-0.2, 0) is 14.4 Å². The van der Waals surface area contributed by atoms with Gasteiger partial charge in [-0.3, -0.25) is 9.59 Å². The van der Waals surface area contributed by atoms with Crippen LogP contribution >= 0.6 is 0 Å². The van der Waals surface area contributed by atoms with Crippen molar-refractivity contribution in [2.24, 2.45) is 11.8 Å². The van der Waals surface area contributed by atoms with Crippen LogP contribution in [0.1, 0.15) is 19.8 Å². The minimum absolute atomic E-state index is 0.181. The summed E-state index contributed by atoms with van der Waals surface area (Å²) >= 11 is 0. The fourth-order valence-corrected chi connectivity index (χ4v) is 3.14. The molecular weight excluding hydrogens is 294 g/mol. The van der Waals surface area contributed by atoms with Crippen molar-refractivity contribution in [1.29, 1.82) is 0 Å². The smallest absolute Gasteiger partial charge is 0.335 e. The minimum Gasteiger partial charge on any atom is -0.423 e.